The predicted octanol–water partition coefficient (Wildman–Crippen LogP) is 2.81. The van der Waals surface area contributed by atoms with Crippen LogP contribution in [0.15, 0.2) is 53.3 Å². The lowest BCUT2D eigenvalue weighted by Gasteiger charge is -2.07. The fourth-order valence-corrected chi connectivity index (χ4v) is 2.48. The summed E-state index contributed by atoms with van der Waals surface area (Å²) in [6.45, 7) is 1.78. The first-order chi connectivity index (χ1) is 10.8. The highest BCUT2D eigenvalue weighted by Crippen LogP contribution is 2.20. The van der Waals surface area contributed by atoms with Gasteiger partial charge in [-0.3, -0.25) is 4.79 Å². The van der Waals surface area contributed by atoms with Crippen LogP contribution in [0.25, 0.3) is 10.9 Å². The minimum absolute atomic E-state index is 0.105. The van der Waals surface area contributed by atoms with E-state index in [1.165, 1.54) is 0 Å². The average molecular weight is 298 g/mol. The summed E-state index contributed by atoms with van der Waals surface area (Å²) in [7, 11) is 1.68. The van der Waals surface area contributed by atoms with Crippen molar-refractivity contribution in [3.63, 3.8) is 0 Å². The fraction of sp³-hybridized carbons (Fsp3) is 0.235. The number of nitrogens with zero attached hydrogens (tertiary/aromatic N) is 1. The molecule has 0 saturated carbocycles. The Labute approximate surface area is 128 Å². The van der Waals surface area contributed by atoms with E-state index in [4.69, 9.17) is 9.15 Å². The van der Waals surface area contributed by atoms with Gasteiger partial charge in [-0.2, -0.15) is 0 Å². The summed E-state index contributed by atoms with van der Waals surface area (Å²) in [5.74, 6) is 0.629. The van der Waals surface area contributed by atoms with Gasteiger partial charge in [-0.05, 0) is 30.3 Å². The van der Waals surface area contributed by atoms with E-state index in [2.05, 4.69) is 9.88 Å². The van der Waals surface area contributed by atoms with E-state index >= 15 is 0 Å². The van der Waals surface area contributed by atoms with Gasteiger partial charge in [0.05, 0.1) is 19.4 Å². The Bertz CT molecular complexity index is 759. The summed E-state index contributed by atoms with van der Waals surface area (Å²) in [4.78, 5) is 12.4. The Hall–Kier alpha value is -2.53. The Balaban J connectivity index is 1.80. The van der Waals surface area contributed by atoms with Gasteiger partial charge in [-0.15, -0.1) is 0 Å². The zero-order valence-electron chi connectivity index (χ0n) is 12.4. The van der Waals surface area contributed by atoms with E-state index in [-0.39, 0.29) is 5.91 Å². The topological polar surface area (TPSA) is 56.4 Å². The molecule has 0 atom stereocenters. The van der Waals surface area contributed by atoms with E-state index in [1.54, 1.807) is 19.4 Å². The van der Waals surface area contributed by atoms with Crippen molar-refractivity contribution in [3.05, 3.63) is 60.2 Å². The maximum atomic E-state index is 12.4. The number of furan rings is 1. The Morgan fingerprint density at radius 2 is 2.18 bits per heavy atom. The molecule has 0 aliphatic carbocycles. The van der Waals surface area contributed by atoms with Crippen LogP contribution < -0.4 is 5.32 Å². The number of hydrogen-bond donors (Lipinski definition) is 1. The lowest BCUT2D eigenvalue weighted by atomic mass is 10.1. The van der Waals surface area contributed by atoms with Crippen molar-refractivity contribution in [1.29, 1.82) is 0 Å². The highest BCUT2D eigenvalue weighted by molar-refractivity contribution is 6.06. The van der Waals surface area contributed by atoms with Crippen molar-refractivity contribution < 1.29 is 13.9 Å². The number of methoxy groups -OCH3 is 1. The largest absolute Gasteiger partial charge is 0.467 e. The minimum atomic E-state index is -0.105. The van der Waals surface area contributed by atoms with Gasteiger partial charge in [-0.25, -0.2) is 0 Å². The van der Waals surface area contributed by atoms with Crippen LogP contribution in [0.2, 0.25) is 0 Å². The Morgan fingerprint density at radius 1 is 1.27 bits per heavy atom. The lowest BCUT2D eigenvalue weighted by molar-refractivity contribution is 0.0949. The quantitative estimate of drug-likeness (QED) is 0.761. The van der Waals surface area contributed by atoms with Crippen LogP contribution >= 0.6 is 0 Å². The molecule has 0 aliphatic rings. The molecular weight excluding hydrogens is 280 g/mol. The minimum Gasteiger partial charge on any atom is -0.467 e. The van der Waals surface area contributed by atoms with Crippen LogP contribution in [-0.2, 0) is 17.8 Å². The molecule has 0 fully saturated rings. The first-order valence-corrected chi connectivity index (χ1v) is 7.17. The summed E-state index contributed by atoms with van der Waals surface area (Å²) in [6.07, 6.45) is 3.57. The van der Waals surface area contributed by atoms with Gasteiger partial charge in [0.1, 0.15) is 5.76 Å². The molecule has 1 aromatic carbocycles. The van der Waals surface area contributed by atoms with Gasteiger partial charge in [0.15, 0.2) is 0 Å². The van der Waals surface area contributed by atoms with Crippen molar-refractivity contribution in [2.24, 2.45) is 0 Å². The highest BCUT2D eigenvalue weighted by atomic mass is 16.5. The molecule has 3 rings (SSSR count). The van der Waals surface area contributed by atoms with Crippen molar-refractivity contribution >= 4 is 16.8 Å². The summed E-state index contributed by atoms with van der Waals surface area (Å²) < 4.78 is 12.4. The van der Waals surface area contributed by atoms with Crippen LogP contribution in [0, 0.1) is 0 Å². The number of hydrogen-bond acceptors (Lipinski definition) is 3. The SMILES string of the molecule is COCCn1ccc2c(C(=O)NCc3ccco3)cccc21. The predicted molar refractivity (Wildman–Crippen MR) is 83.7 cm³/mol. The first-order valence-electron chi connectivity index (χ1n) is 7.17. The van der Waals surface area contributed by atoms with Crippen LogP contribution in [0.4, 0.5) is 0 Å². The molecule has 114 valence electrons. The highest BCUT2D eigenvalue weighted by Gasteiger charge is 2.12. The standard InChI is InChI=1S/C17H18N2O3/c1-21-11-9-19-8-7-14-15(5-2-6-16(14)19)17(20)18-12-13-4-3-10-22-13/h2-8,10H,9,11-12H2,1H3,(H,18,20). The first kappa shape index (κ1) is 14.4. The van der Waals surface area contributed by atoms with Gasteiger partial charge in [0.25, 0.3) is 5.91 Å². The number of carbonyl (C=O) groups excluding carboxylic acids is 1. The molecule has 0 saturated heterocycles. The summed E-state index contributed by atoms with van der Waals surface area (Å²) in [6, 6.07) is 11.3. The number of rotatable bonds is 6. The summed E-state index contributed by atoms with van der Waals surface area (Å²) in [5, 5.41) is 3.82. The normalized spacial score (nSPS) is 11.0. The van der Waals surface area contributed by atoms with Crippen molar-refractivity contribution in [3.8, 4) is 0 Å². The third-order valence-electron chi connectivity index (χ3n) is 3.60. The number of amides is 1. The molecule has 1 amide bonds. The van der Waals surface area contributed by atoms with E-state index in [0.29, 0.717) is 18.7 Å². The summed E-state index contributed by atoms with van der Waals surface area (Å²) >= 11 is 0. The van der Waals surface area contributed by atoms with Crippen molar-refractivity contribution in [1.82, 2.24) is 9.88 Å². The van der Waals surface area contributed by atoms with Crippen LogP contribution in [0.5, 0.6) is 0 Å². The van der Waals surface area contributed by atoms with Crippen molar-refractivity contribution in [2.75, 3.05) is 13.7 Å². The molecule has 3 aromatic rings. The van der Waals surface area contributed by atoms with Crippen LogP contribution in [0.3, 0.4) is 0 Å². The monoisotopic (exact) mass is 298 g/mol. The molecule has 2 heterocycles. The van der Waals surface area contributed by atoms with Gasteiger partial charge in [-0.1, -0.05) is 6.07 Å². The lowest BCUT2D eigenvalue weighted by Crippen LogP contribution is -2.22. The molecule has 0 radical (unpaired) electrons. The maximum Gasteiger partial charge on any atom is 0.252 e. The van der Waals surface area contributed by atoms with Crippen LogP contribution in [0.1, 0.15) is 16.1 Å². The van der Waals surface area contributed by atoms with E-state index in [9.17, 15) is 4.79 Å². The fourth-order valence-electron chi connectivity index (χ4n) is 2.48. The van der Waals surface area contributed by atoms with Gasteiger partial charge in [0, 0.05) is 36.3 Å². The zero-order chi connectivity index (χ0) is 15.4. The number of fused-ring (bicyclic) bond motifs is 1. The number of nitrogens with one attached hydrogen (secondary N) is 1. The second-order valence-electron chi connectivity index (χ2n) is 5.00. The molecule has 22 heavy (non-hydrogen) atoms. The maximum absolute atomic E-state index is 12.4. The molecule has 0 bridgehead atoms. The second-order valence-corrected chi connectivity index (χ2v) is 5.00. The molecule has 5 nitrogen and oxygen atoms in total. The third-order valence-corrected chi connectivity index (χ3v) is 3.60. The molecular formula is C17H18N2O3. The molecule has 1 N–H and O–H groups in total. The average Bonchev–Trinajstić information content (AvgIpc) is 3.19. The second kappa shape index (κ2) is 6.49. The van der Waals surface area contributed by atoms with Gasteiger partial charge < -0.3 is 19.0 Å². The van der Waals surface area contributed by atoms with Gasteiger partial charge >= 0.3 is 0 Å². The molecule has 2 aromatic heterocycles. The number of benzene rings is 1. The zero-order valence-corrected chi connectivity index (χ0v) is 12.4. The molecule has 0 unspecified atom stereocenters. The number of carbonyl (C=O) groups is 1. The van der Waals surface area contributed by atoms with Gasteiger partial charge in [0.2, 0.25) is 0 Å². The van der Waals surface area contributed by atoms with E-state index < -0.39 is 0 Å². The number of aromatic nitrogens is 1. The Morgan fingerprint density at radius 3 is 2.95 bits per heavy atom. The summed E-state index contributed by atoms with van der Waals surface area (Å²) in [5.41, 5.74) is 1.70. The smallest absolute Gasteiger partial charge is 0.252 e. The van der Waals surface area contributed by atoms with E-state index in [1.807, 2.05) is 36.5 Å². The number of ether oxygens (including phenoxy) is 1. The Kier molecular flexibility index (Phi) is 4.25. The van der Waals surface area contributed by atoms with Crippen LogP contribution in [-0.4, -0.2) is 24.2 Å². The van der Waals surface area contributed by atoms with E-state index in [0.717, 1.165) is 23.2 Å². The van der Waals surface area contributed by atoms with Crippen molar-refractivity contribution in [2.45, 2.75) is 13.1 Å². The molecule has 0 spiro atoms. The molecule has 5 heteroatoms. The third kappa shape index (κ3) is 2.89. The molecule has 0 aliphatic heterocycles.